The normalized spacial score (nSPS) is 16.2. The molecule has 0 aliphatic heterocycles. The molecule has 0 aliphatic rings. The molecule has 0 saturated carbocycles. The number of nitrogens with one attached hydrogen (secondary N) is 1. The Morgan fingerprint density at radius 3 is 2.54 bits per heavy atom. The van der Waals surface area contributed by atoms with Crippen LogP contribution >= 0.6 is 0 Å². The molecular weight excluding hydrogens is 170 g/mol. The quantitative estimate of drug-likeness (QED) is 0.485. The maximum Gasteiger partial charge on any atom is 0.0972 e. The largest absolute Gasteiger partial charge is 0.393 e. The number of aliphatic hydroxyl groups is 2. The SMILES string of the molecule is CC(C)OCCNCC(C)(O)CO. The Morgan fingerprint density at radius 1 is 1.46 bits per heavy atom. The molecule has 0 aromatic heterocycles. The predicted molar refractivity (Wildman–Crippen MR) is 51.7 cm³/mol. The molecular formula is C9H21NO3. The van der Waals surface area contributed by atoms with Crippen LogP contribution in [0.3, 0.4) is 0 Å². The van der Waals surface area contributed by atoms with E-state index in [-0.39, 0.29) is 12.7 Å². The van der Waals surface area contributed by atoms with Crippen molar-refractivity contribution >= 4 is 0 Å². The topological polar surface area (TPSA) is 61.7 Å². The number of hydrogen-bond acceptors (Lipinski definition) is 4. The van der Waals surface area contributed by atoms with Crippen LogP contribution in [-0.2, 0) is 4.74 Å². The molecule has 13 heavy (non-hydrogen) atoms. The van der Waals surface area contributed by atoms with Crippen LogP contribution in [0.15, 0.2) is 0 Å². The first-order valence-electron chi connectivity index (χ1n) is 4.63. The average Bonchev–Trinajstić information content (AvgIpc) is 2.03. The third kappa shape index (κ3) is 8.18. The van der Waals surface area contributed by atoms with Crippen LogP contribution in [-0.4, -0.2) is 48.2 Å². The number of ether oxygens (including phenoxy) is 1. The summed E-state index contributed by atoms with van der Waals surface area (Å²) in [5.74, 6) is 0. The van der Waals surface area contributed by atoms with E-state index >= 15 is 0 Å². The van der Waals surface area contributed by atoms with Crippen molar-refractivity contribution < 1.29 is 14.9 Å². The lowest BCUT2D eigenvalue weighted by molar-refractivity contribution is 0.000413. The summed E-state index contributed by atoms with van der Waals surface area (Å²) in [6.45, 7) is 7.00. The molecule has 0 bridgehead atoms. The summed E-state index contributed by atoms with van der Waals surface area (Å²) in [4.78, 5) is 0. The van der Waals surface area contributed by atoms with Gasteiger partial charge in [0.05, 0.1) is 24.9 Å². The Balaban J connectivity index is 3.26. The molecule has 80 valence electrons. The number of aliphatic hydroxyl groups excluding tert-OH is 1. The third-order valence-corrected chi connectivity index (χ3v) is 1.58. The van der Waals surface area contributed by atoms with Crippen LogP contribution in [0.25, 0.3) is 0 Å². The van der Waals surface area contributed by atoms with Gasteiger partial charge in [-0.3, -0.25) is 0 Å². The van der Waals surface area contributed by atoms with Gasteiger partial charge >= 0.3 is 0 Å². The van der Waals surface area contributed by atoms with Crippen molar-refractivity contribution in [1.29, 1.82) is 0 Å². The van der Waals surface area contributed by atoms with Crippen molar-refractivity contribution in [3.8, 4) is 0 Å². The number of rotatable bonds is 7. The van der Waals surface area contributed by atoms with Crippen molar-refractivity contribution in [3.63, 3.8) is 0 Å². The molecule has 0 radical (unpaired) electrons. The summed E-state index contributed by atoms with van der Waals surface area (Å²) in [6.07, 6.45) is 0.236. The fourth-order valence-corrected chi connectivity index (χ4v) is 0.780. The van der Waals surface area contributed by atoms with Crippen LogP contribution in [0.4, 0.5) is 0 Å². The molecule has 0 amide bonds. The lowest BCUT2D eigenvalue weighted by Gasteiger charge is -2.20. The van der Waals surface area contributed by atoms with Crippen LogP contribution in [0.2, 0.25) is 0 Å². The van der Waals surface area contributed by atoms with E-state index in [0.29, 0.717) is 19.7 Å². The molecule has 0 aromatic rings. The lowest BCUT2D eigenvalue weighted by Crippen LogP contribution is -2.42. The second kappa shape index (κ2) is 6.32. The Hall–Kier alpha value is -0.160. The van der Waals surface area contributed by atoms with Gasteiger partial charge in [-0.25, -0.2) is 0 Å². The molecule has 0 saturated heterocycles. The summed E-state index contributed by atoms with van der Waals surface area (Å²) < 4.78 is 5.28. The summed E-state index contributed by atoms with van der Waals surface area (Å²) in [6, 6.07) is 0. The summed E-state index contributed by atoms with van der Waals surface area (Å²) in [5, 5.41) is 21.1. The van der Waals surface area contributed by atoms with E-state index in [1.807, 2.05) is 13.8 Å². The van der Waals surface area contributed by atoms with Crippen LogP contribution in [0.5, 0.6) is 0 Å². The van der Waals surface area contributed by atoms with Gasteiger partial charge in [0.15, 0.2) is 0 Å². The van der Waals surface area contributed by atoms with Crippen molar-refractivity contribution in [2.45, 2.75) is 32.5 Å². The van der Waals surface area contributed by atoms with E-state index in [1.54, 1.807) is 6.92 Å². The second-order valence-electron chi connectivity index (χ2n) is 3.75. The zero-order chi connectivity index (χ0) is 10.3. The van der Waals surface area contributed by atoms with Gasteiger partial charge in [-0.15, -0.1) is 0 Å². The maximum atomic E-state index is 9.38. The molecule has 0 rings (SSSR count). The van der Waals surface area contributed by atoms with E-state index in [4.69, 9.17) is 9.84 Å². The number of hydrogen-bond donors (Lipinski definition) is 3. The maximum absolute atomic E-state index is 9.38. The van der Waals surface area contributed by atoms with Crippen molar-refractivity contribution in [2.75, 3.05) is 26.3 Å². The Labute approximate surface area is 79.9 Å². The molecule has 1 unspecified atom stereocenters. The highest BCUT2D eigenvalue weighted by molar-refractivity contribution is 4.73. The van der Waals surface area contributed by atoms with E-state index in [1.165, 1.54) is 0 Å². The Morgan fingerprint density at radius 2 is 2.08 bits per heavy atom. The minimum Gasteiger partial charge on any atom is -0.393 e. The van der Waals surface area contributed by atoms with Gasteiger partial charge in [0.25, 0.3) is 0 Å². The first-order chi connectivity index (χ1) is 5.98. The Bertz CT molecular complexity index is 126. The average molecular weight is 191 g/mol. The van der Waals surface area contributed by atoms with Gasteiger partial charge in [0.1, 0.15) is 0 Å². The minimum absolute atomic E-state index is 0.231. The second-order valence-corrected chi connectivity index (χ2v) is 3.75. The highest BCUT2D eigenvalue weighted by atomic mass is 16.5. The zero-order valence-corrected chi connectivity index (χ0v) is 8.71. The van der Waals surface area contributed by atoms with Crippen LogP contribution < -0.4 is 5.32 Å². The minimum atomic E-state index is -1.03. The van der Waals surface area contributed by atoms with Gasteiger partial charge in [-0.05, 0) is 20.8 Å². The van der Waals surface area contributed by atoms with E-state index in [9.17, 15) is 5.11 Å². The van der Waals surface area contributed by atoms with Gasteiger partial charge < -0.3 is 20.3 Å². The van der Waals surface area contributed by atoms with Gasteiger partial charge in [-0.1, -0.05) is 0 Å². The highest BCUT2D eigenvalue weighted by Crippen LogP contribution is 1.97. The van der Waals surface area contributed by atoms with Gasteiger partial charge in [0, 0.05) is 13.1 Å². The van der Waals surface area contributed by atoms with Crippen molar-refractivity contribution in [3.05, 3.63) is 0 Å². The molecule has 0 fully saturated rings. The summed E-state index contributed by atoms with van der Waals surface area (Å²) in [5.41, 5.74) is -1.03. The van der Waals surface area contributed by atoms with Crippen molar-refractivity contribution in [1.82, 2.24) is 5.32 Å². The molecule has 0 heterocycles. The summed E-state index contributed by atoms with van der Waals surface area (Å²) in [7, 11) is 0. The smallest absolute Gasteiger partial charge is 0.0972 e. The standard InChI is InChI=1S/C9H21NO3/c1-8(2)13-5-4-10-6-9(3,12)7-11/h8,10-12H,4-7H2,1-3H3. The molecule has 3 N–H and O–H groups in total. The summed E-state index contributed by atoms with van der Waals surface area (Å²) >= 11 is 0. The fraction of sp³-hybridized carbons (Fsp3) is 1.00. The Kier molecular flexibility index (Phi) is 6.24. The van der Waals surface area contributed by atoms with E-state index < -0.39 is 5.60 Å². The lowest BCUT2D eigenvalue weighted by atomic mass is 10.1. The third-order valence-electron chi connectivity index (χ3n) is 1.58. The van der Waals surface area contributed by atoms with Gasteiger partial charge in [-0.2, -0.15) is 0 Å². The monoisotopic (exact) mass is 191 g/mol. The van der Waals surface area contributed by atoms with E-state index in [0.717, 1.165) is 0 Å². The van der Waals surface area contributed by atoms with Crippen molar-refractivity contribution in [2.24, 2.45) is 0 Å². The molecule has 1 atom stereocenters. The first-order valence-corrected chi connectivity index (χ1v) is 4.63. The highest BCUT2D eigenvalue weighted by Gasteiger charge is 2.17. The molecule has 4 nitrogen and oxygen atoms in total. The first kappa shape index (κ1) is 12.8. The fourth-order valence-electron chi connectivity index (χ4n) is 0.780. The van der Waals surface area contributed by atoms with E-state index in [2.05, 4.69) is 5.32 Å². The molecule has 0 spiro atoms. The molecule has 0 aliphatic carbocycles. The predicted octanol–water partition coefficient (Wildman–Crippen LogP) is -0.256. The van der Waals surface area contributed by atoms with Gasteiger partial charge in [0.2, 0.25) is 0 Å². The van der Waals surface area contributed by atoms with Crippen LogP contribution in [0.1, 0.15) is 20.8 Å². The van der Waals surface area contributed by atoms with Crippen LogP contribution in [0, 0.1) is 0 Å². The zero-order valence-electron chi connectivity index (χ0n) is 8.71. The molecule has 4 heteroatoms. The molecule has 0 aromatic carbocycles.